The van der Waals surface area contributed by atoms with E-state index in [2.05, 4.69) is 9.97 Å². The lowest BCUT2D eigenvalue weighted by Crippen LogP contribution is -1.98. The standard InChI is InChI=1S/C14H12N2O.ClH/c17-14(10-4-2-1-3-5-10)11-6-7-12-13(8-11)16-9-15-12;/h1-9,14,17H,(H,15,16);1H. The highest BCUT2D eigenvalue weighted by Gasteiger charge is 2.10. The Kier molecular flexibility index (Phi) is 3.65. The van der Waals surface area contributed by atoms with E-state index < -0.39 is 6.10 Å². The van der Waals surface area contributed by atoms with Crippen LogP contribution < -0.4 is 0 Å². The number of fused-ring (bicyclic) bond motifs is 1. The van der Waals surface area contributed by atoms with Crippen molar-refractivity contribution >= 4 is 23.4 Å². The van der Waals surface area contributed by atoms with Crippen molar-refractivity contribution in [3.63, 3.8) is 0 Å². The van der Waals surface area contributed by atoms with E-state index in [0.717, 1.165) is 22.2 Å². The van der Waals surface area contributed by atoms with Crippen LogP contribution in [0.3, 0.4) is 0 Å². The van der Waals surface area contributed by atoms with E-state index in [1.165, 1.54) is 0 Å². The zero-order valence-electron chi connectivity index (χ0n) is 9.58. The summed E-state index contributed by atoms with van der Waals surface area (Å²) in [6.45, 7) is 0. The van der Waals surface area contributed by atoms with Crippen molar-refractivity contribution in [1.82, 2.24) is 9.97 Å². The molecule has 2 N–H and O–H groups in total. The van der Waals surface area contributed by atoms with Gasteiger partial charge in [-0.3, -0.25) is 0 Å². The third-order valence-corrected chi connectivity index (χ3v) is 2.88. The van der Waals surface area contributed by atoms with Crippen molar-refractivity contribution in [2.75, 3.05) is 0 Å². The Labute approximate surface area is 111 Å². The molecule has 0 fully saturated rings. The summed E-state index contributed by atoms with van der Waals surface area (Å²) < 4.78 is 0. The number of hydrogen-bond donors (Lipinski definition) is 2. The molecule has 0 saturated heterocycles. The lowest BCUT2D eigenvalue weighted by atomic mass is 10.0. The van der Waals surface area contributed by atoms with Crippen molar-refractivity contribution in [2.45, 2.75) is 6.10 Å². The fourth-order valence-electron chi connectivity index (χ4n) is 1.95. The Morgan fingerprint density at radius 1 is 1.00 bits per heavy atom. The fourth-order valence-corrected chi connectivity index (χ4v) is 1.95. The molecule has 0 radical (unpaired) electrons. The minimum atomic E-state index is -0.594. The predicted octanol–water partition coefficient (Wildman–Crippen LogP) is 3.07. The number of aromatic nitrogens is 2. The van der Waals surface area contributed by atoms with Gasteiger partial charge in [-0.15, -0.1) is 12.4 Å². The summed E-state index contributed by atoms with van der Waals surface area (Å²) in [5.74, 6) is 0. The topological polar surface area (TPSA) is 48.9 Å². The van der Waals surface area contributed by atoms with Gasteiger partial charge in [0.05, 0.1) is 17.4 Å². The summed E-state index contributed by atoms with van der Waals surface area (Å²) >= 11 is 0. The number of hydrogen-bond acceptors (Lipinski definition) is 2. The first-order valence-corrected chi connectivity index (χ1v) is 5.50. The first kappa shape index (κ1) is 12.6. The van der Waals surface area contributed by atoms with Gasteiger partial charge >= 0.3 is 0 Å². The van der Waals surface area contributed by atoms with Crippen LogP contribution in [0.2, 0.25) is 0 Å². The Morgan fingerprint density at radius 2 is 1.78 bits per heavy atom. The monoisotopic (exact) mass is 260 g/mol. The molecule has 1 atom stereocenters. The van der Waals surface area contributed by atoms with Gasteiger partial charge in [-0.25, -0.2) is 4.98 Å². The van der Waals surface area contributed by atoms with Crippen molar-refractivity contribution < 1.29 is 5.11 Å². The average molecular weight is 261 g/mol. The summed E-state index contributed by atoms with van der Waals surface area (Å²) in [6.07, 6.45) is 1.06. The van der Waals surface area contributed by atoms with Gasteiger partial charge in [0, 0.05) is 0 Å². The molecule has 0 amide bonds. The third kappa shape index (κ3) is 2.23. The molecule has 3 aromatic rings. The maximum atomic E-state index is 10.3. The van der Waals surface area contributed by atoms with Crippen LogP contribution in [0, 0.1) is 0 Å². The second-order valence-corrected chi connectivity index (χ2v) is 3.99. The molecule has 92 valence electrons. The van der Waals surface area contributed by atoms with Crippen LogP contribution in [0.1, 0.15) is 17.2 Å². The molecule has 4 heteroatoms. The summed E-state index contributed by atoms with van der Waals surface area (Å²) in [5.41, 5.74) is 3.62. The molecule has 0 aliphatic heterocycles. The lowest BCUT2D eigenvalue weighted by Gasteiger charge is -2.11. The molecule has 2 aromatic carbocycles. The van der Waals surface area contributed by atoms with E-state index in [9.17, 15) is 5.11 Å². The maximum absolute atomic E-state index is 10.3. The van der Waals surface area contributed by atoms with Gasteiger partial charge in [0.2, 0.25) is 0 Å². The molecule has 3 rings (SSSR count). The van der Waals surface area contributed by atoms with E-state index in [4.69, 9.17) is 0 Å². The number of H-pyrrole nitrogens is 1. The van der Waals surface area contributed by atoms with E-state index in [-0.39, 0.29) is 12.4 Å². The number of aliphatic hydroxyl groups is 1. The van der Waals surface area contributed by atoms with Crippen LogP contribution >= 0.6 is 12.4 Å². The quantitative estimate of drug-likeness (QED) is 0.744. The van der Waals surface area contributed by atoms with Gasteiger partial charge in [0.25, 0.3) is 0 Å². The molecule has 0 saturated carbocycles. The largest absolute Gasteiger partial charge is 0.384 e. The SMILES string of the molecule is Cl.OC(c1ccccc1)c1ccc2nc[nH]c2c1. The number of rotatable bonds is 2. The molecule has 1 heterocycles. The van der Waals surface area contributed by atoms with Gasteiger partial charge in [-0.2, -0.15) is 0 Å². The van der Waals surface area contributed by atoms with Gasteiger partial charge in [0.15, 0.2) is 0 Å². The fraction of sp³-hybridized carbons (Fsp3) is 0.0714. The molecule has 1 aromatic heterocycles. The second kappa shape index (κ2) is 5.21. The molecular formula is C14H13ClN2O. The van der Waals surface area contributed by atoms with Crippen LogP contribution in [-0.4, -0.2) is 15.1 Å². The van der Waals surface area contributed by atoms with Gasteiger partial charge in [-0.05, 0) is 23.3 Å². The third-order valence-electron chi connectivity index (χ3n) is 2.88. The molecular weight excluding hydrogens is 248 g/mol. The predicted molar refractivity (Wildman–Crippen MR) is 73.8 cm³/mol. The normalized spacial score (nSPS) is 12.1. The summed E-state index contributed by atoms with van der Waals surface area (Å²) in [4.78, 5) is 7.20. The van der Waals surface area contributed by atoms with Gasteiger partial charge in [-0.1, -0.05) is 36.4 Å². The lowest BCUT2D eigenvalue weighted by molar-refractivity contribution is 0.220. The van der Waals surface area contributed by atoms with Crippen LogP contribution in [0.15, 0.2) is 54.9 Å². The summed E-state index contributed by atoms with van der Waals surface area (Å²) in [7, 11) is 0. The number of nitrogens with one attached hydrogen (secondary N) is 1. The Bertz CT molecular complexity index is 636. The first-order valence-electron chi connectivity index (χ1n) is 5.50. The molecule has 0 spiro atoms. The van der Waals surface area contributed by atoms with E-state index in [1.807, 2.05) is 48.5 Å². The van der Waals surface area contributed by atoms with Crippen molar-refractivity contribution in [3.8, 4) is 0 Å². The molecule has 0 bridgehead atoms. The summed E-state index contributed by atoms with van der Waals surface area (Å²) in [6, 6.07) is 15.4. The Morgan fingerprint density at radius 3 is 2.56 bits per heavy atom. The molecule has 0 aliphatic rings. The zero-order valence-corrected chi connectivity index (χ0v) is 10.4. The van der Waals surface area contributed by atoms with E-state index in [0.29, 0.717) is 0 Å². The smallest absolute Gasteiger partial charge is 0.104 e. The Hall–Kier alpha value is -1.84. The summed E-state index contributed by atoms with van der Waals surface area (Å²) in [5, 5.41) is 10.3. The van der Waals surface area contributed by atoms with Crippen molar-refractivity contribution in [3.05, 3.63) is 66.0 Å². The molecule has 0 aliphatic carbocycles. The number of aromatic amines is 1. The van der Waals surface area contributed by atoms with Crippen LogP contribution in [0.4, 0.5) is 0 Å². The highest BCUT2D eigenvalue weighted by Crippen LogP contribution is 2.23. The first-order chi connectivity index (χ1) is 8.34. The van der Waals surface area contributed by atoms with Crippen molar-refractivity contribution in [1.29, 1.82) is 0 Å². The van der Waals surface area contributed by atoms with Gasteiger partial charge < -0.3 is 10.1 Å². The minimum Gasteiger partial charge on any atom is -0.384 e. The molecule has 18 heavy (non-hydrogen) atoms. The Balaban J connectivity index is 0.00000120. The van der Waals surface area contributed by atoms with E-state index in [1.54, 1.807) is 6.33 Å². The van der Waals surface area contributed by atoms with Gasteiger partial charge in [0.1, 0.15) is 6.10 Å². The molecule has 1 unspecified atom stereocenters. The number of imidazole rings is 1. The number of aliphatic hydroxyl groups excluding tert-OH is 1. The van der Waals surface area contributed by atoms with E-state index >= 15 is 0 Å². The maximum Gasteiger partial charge on any atom is 0.104 e. The van der Waals surface area contributed by atoms with Crippen molar-refractivity contribution in [2.24, 2.45) is 0 Å². The highest BCUT2D eigenvalue weighted by atomic mass is 35.5. The average Bonchev–Trinajstić information content (AvgIpc) is 2.86. The number of benzene rings is 2. The van der Waals surface area contributed by atoms with Crippen LogP contribution in [0.25, 0.3) is 11.0 Å². The zero-order chi connectivity index (χ0) is 11.7. The molecule has 3 nitrogen and oxygen atoms in total. The number of nitrogens with zero attached hydrogens (tertiary/aromatic N) is 1. The highest BCUT2D eigenvalue weighted by molar-refractivity contribution is 5.85. The number of halogens is 1. The van der Waals surface area contributed by atoms with Crippen LogP contribution in [-0.2, 0) is 0 Å². The van der Waals surface area contributed by atoms with Crippen LogP contribution in [0.5, 0.6) is 0 Å². The second-order valence-electron chi connectivity index (χ2n) is 3.99. The minimum absolute atomic E-state index is 0.